The number of pyridine rings is 1. The van der Waals surface area contributed by atoms with Crippen LogP contribution >= 0.6 is 0 Å². The highest BCUT2D eigenvalue weighted by Crippen LogP contribution is 2.35. The fourth-order valence-corrected chi connectivity index (χ4v) is 3.05. The van der Waals surface area contributed by atoms with Gasteiger partial charge in [0, 0.05) is 23.5 Å². The lowest BCUT2D eigenvalue weighted by Crippen LogP contribution is -2.11. The monoisotopic (exact) mass is 337 g/mol. The van der Waals surface area contributed by atoms with Crippen LogP contribution in [0.1, 0.15) is 25.7 Å². The van der Waals surface area contributed by atoms with Crippen LogP contribution in [0.15, 0.2) is 47.2 Å². The summed E-state index contributed by atoms with van der Waals surface area (Å²) in [4.78, 5) is 8.47. The molecule has 1 fully saturated rings. The molecule has 1 aromatic carbocycles. The summed E-state index contributed by atoms with van der Waals surface area (Å²) >= 11 is 0. The van der Waals surface area contributed by atoms with Crippen molar-refractivity contribution in [1.82, 2.24) is 15.1 Å². The normalized spacial score (nSPS) is 14.6. The minimum absolute atomic E-state index is 0.252. The van der Waals surface area contributed by atoms with E-state index in [0.717, 1.165) is 29.7 Å². The SMILES string of the molecule is COc1ccc(-c2noc(-c3ccncc3)n2)cc1OC1CCCC1. The zero-order valence-corrected chi connectivity index (χ0v) is 14.0. The molecule has 2 aromatic heterocycles. The van der Waals surface area contributed by atoms with Crippen LogP contribution in [0, 0.1) is 0 Å². The van der Waals surface area contributed by atoms with Gasteiger partial charge in [-0.3, -0.25) is 4.98 Å². The molecule has 4 rings (SSSR count). The Morgan fingerprint density at radius 2 is 1.80 bits per heavy atom. The highest BCUT2D eigenvalue weighted by molar-refractivity contribution is 5.63. The van der Waals surface area contributed by atoms with Crippen molar-refractivity contribution in [2.75, 3.05) is 7.11 Å². The maximum atomic E-state index is 6.13. The fraction of sp³-hybridized carbons (Fsp3) is 0.316. The number of hydrogen-bond acceptors (Lipinski definition) is 6. The van der Waals surface area contributed by atoms with Crippen LogP contribution in [-0.2, 0) is 0 Å². The summed E-state index contributed by atoms with van der Waals surface area (Å²) in [5, 5.41) is 4.09. The van der Waals surface area contributed by atoms with Crippen molar-refractivity contribution in [2.24, 2.45) is 0 Å². The van der Waals surface area contributed by atoms with Crippen molar-refractivity contribution in [3.8, 4) is 34.3 Å². The van der Waals surface area contributed by atoms with Crippen LogP contribution in [0.25, 0.3) is 22.8 Å². The molecule has 1 aliphatic rings. The highest BCUT2D eigenvalue weighted by atomic mass is 16.5. The van der Waals surface area contributed by atoms with Crippen LogP contribution in [0.3, 0.4) is 0 Å². The van der Waals surface area contributed by atoms with Crippen molar-refractivity contribution >= 4 is 0 Å². The number of benzene rings is 1. The summed E-state index contributed by atoms with van der Waals surface area (Å²) in [6.07, 6.45) is 8.24. The molecule has 3 aromatic rings. The van der Waals surface area contributed by atoms with Crippen LogP contribution in [0.2, 0.25) is 0 Å². The second-order valence-electron chi connectivity index (χ2n) is 6.05. The first kappa shape index (κ1) is 15.6. The molecule has 6 nitrogen and oxygen atoms in total. The smallest absolute Gasteiger partial charge is 0.258 e. The summed E-state index contributed by atoms with van der Waals surface area (Å²) in [5.74, 6) is 2.42. The molecule has 0 aliphatic heterocycles. The summed E-state index contributed by atoms with van der Waals surface area (Å²) in [7, 11) is 1.65. The Morgan fingerprint density at radius 1 is 1.00 bits per heavy atom. The number of hydrogen-bond donors (Lipinski definition) is 0. The minimum Gasteiger partial charge on any atom is -0.493 e. The molecule has 128 valence electrons. The van der Waals surface area contributed by atoms with E-state index in [1.54, 1.807) is 19.5 Å². The van der Waals surface area contributed by atoms with Crippen LogP contribution in [0.4, 0.5) is 0 Å². The van der Waals surface area contributed by atoms with Gasteiger partial charge in [0.25, 0.3) is 5.89 Å². The van der Waals surface area contributed by atoms with Crippen molar-refractivity contribution in [2.45, 2.75) is 31.8 Å². The Bertz CT molecular complexity index is 842. The zero-order valence-electron chi connectivity index (χ0n) is 14.0. The largest absolute Gasteiger partial charge is 0.493 e. The molecule has 25 heavy (non-hydrogen) atoms. The summed E-state index contributed by atoms with van der Waals surface area (Å²) in [6.45, 7) is 0. The number of ether oxygens (including phenoxy) is 2. The predicted octanol–water partition coefficient (Wildman–Crippen LogP) is 4.13. The number of nitrogens with zero attached hydrogens (tertiary/aromatic N) is 3. The molecule has 0 atom stereocenters. The van der Waals surface area contributed by atoms with Gasteiger partial charge >= 0.3 is 0 Å². The number of rotatable bonds is 5. The summed E-state index contributed by atoms with van der Waals surface area (Å²) in [5.41, 5.74) is 1.67. The first-order chi connectivity index (χ1) is 12.3. The summed E-state index contributed by atoms with van der Waals surface area (Å²) < 4.78 is 16.9. The topological polar surface area (TPSA) is 70.3 Å². The predicted molar refractivity (Wildman–Crippen MR) is 92.4 cm³/mol. The van der Waals surface area contributed by atoms with Gasteiger partial charge in [-0.1, -0.05) is 5.16 Å². The average molecular weight is 337 g/mol. The van der Waals surface area contributed by atoms with E-state index in [2.05, 4.69) is 15.1 Å². The molecule has 0 unspecified atom stereocenters. The lowest BCUT2D eigenvalue weighted by molar-refractivity contribution is 0.201. The molecule has 6 heteroatoms. The third kappa shape index (κ3) is 3.33. The molecule has 1 aliphatic carbocycles. The van der Waals surface area contributed by atoms with Gasteiger partial charge in [-0.05, 0) is 56.0 Å². The molecule has 0 amide bonds. The van der Waals surface area contributed by atoms with Gasteiger partial charge in [-0.25, -0.2) is 0 Å². The molecule has 0 bridgehead atoms. The molecule has 0 saturated heterocycles. The van der Waals surface area contributed by atoms with Crippen LogP contribution in [-0.4, -0.2) is 28.3 Å². The van der Waals surface area contributed by atoms with E-state index in [0.29, 0.717) is 17.5 Å². The van der Waals surface area contributed by atoms with Crippen LogP contribution in [0.5, 0.6) is 11.5 Å². The molecule has 1 saturated carbocycles. The molecule has 2 heterocycles. The Balaban J connectivity index is 1.63. The number of aromatic nitrogens is 3. The van der Waals surface area contributed by atoms with Gasteiger partial charge in [-0.2, -0.15) is 4.98 Å². The second kappa shape index (κ2) is 6.93. The molecular weight excluding hydrogens is 318 g/mol. The first-order valence-corrected chi connectivity index (χ1v) is 8.42. The zero-order chi connectivity index (χ0) is 17.1. The lowest BCUT2D eigenvalue weighted by Gasteiger charge is -2.16. The van der Waals surface area contributed by atoms with Gasteiger partial charge in [0.1, 0.15) is 0 Å². The number of methoxy groups -OCH3 is 1. The van der Waals surface area contributed by atoms with E-state index in [4.69, 9.17) is 14.0 Å². The van der Waals surface area contributed by atoms with E-state index in [9.17, 15) is 0 Å². The van der Waals surface area contributed by atoms with Crippen molar-refractivity contribution in [3.63, 3.8) is 0 Å². The van der Waals surface area contributed by atoms with Gasteiger partial charge in [-0.15, -0.1) is 0 Å². The van der Waals surface area contributed by atoms with Crippen LogP contribution < -0.4 is 9.47 Å². The highest BCUT2D eigenvalue weighted by Gasteiger charge is 2.20. The van der Waals surface area contributed by atoms with Crippen molar-refractivity contribution < 1.29 is 14.0 Å². The van der Waals surface area contributed by atoms with E-state index < -0.39 is 0 Å². The summed E-state index contributed by atoms with van der Waals surface area (Å²) in [6, 6.07) is 9.36. The van der Waals surface area contributed by atoms with Crippen molar-refractivity contribution in [3.05, 3.63) is 42.7 Å². The molecule has 0 spiro atoms. The molecule has 0 N–H and O–H groups in total. The maximum absolute atomic E-state index is 6.13. The van der Waals surface area contributed by atoms with E-state index in [1.165, 1.54) is 12.8 Å². The third-order valence-electron chi connectivity index (χ3n) is 4.37. The Kier molecular flexibility index (Phi) is 4.33. The van der Waals surface area contributed by atoms with Gasteiger partial charge in [0.05, 0.1) is 13.2 Å². The van der Waals surface area contributed by atoms with E-state index >= 15 is 0 Å². The third-order valence-corrected chi connectivity index (χ3v) is 4.37. The molecule has 0 radical (unpaired) electrons. The van der Waals surface area contributed by atoms with Gasteiger partial charge < -0.3 is 14.0 Å². The van der Waals surface area contributed by atoms with E-state index in [1.807, 2.05) is 30.3 Å². The standard InChI is InChI=1S/C19H19N3O3/c1-23-16-7-6-14(12-17(16)24-15-4-2-3-5-15)18-21-19(25-22-18)13-8-10-20-11-9-13/h6-12,15H,2-5H2,1H3. The van der Waals surface area contributed by atoms with E-state index in [-0.39, 0.29) is 6.10 Å². The quantitative estimate of drug-likeness (QED) is 0.697. The average Bonchev–Trinajstić information content (AvgIpc) is 3.34. The first-order valence-electron chi connectivity index (χ1n) is 8.42. The Morgan fingerprint density at radius 3 is 2.56 bits per heavy atom. The lowest BCUT2D eigenvalue weighted by atomic mass is 10.2. The van der Waals surface area contributed by atoms with Gasteiger partial charge in [0.15, 0.2) is 11.5 Å². The minimum atomic E-state index is 0.252. The van der Waals surface area contributed by atoms with Gasteiger partial charge in [0.2, 0.25) is 5.82 Å². The maximum Gasteiger partial charge on any atom is 0.258 e. The Hall–Kier alpha value is -2.89. The van der Waals surface area contributed by atoms with Crippen molar-refractivity contribution in [1.29, 1.82) is 0 Å². The molecular formula is C19H19N3O3. The Labute approximate surface area is 145 Å². The second-order valence-corrected chi connectivity index (χ2v) is 6.05. The fourth-order valence-electron chi connectivity index (χ4n) is 3.05.